The van der Waals surface area contributed by atoms with Crippen LogP contribution in [-0.2, 0) is 0 Å². The Balaban J connectivity index is 1.90. The van der Waals surface area contributed by atoms with Crippen LogP contribution < -0.4 is 0 Å². The number of rotatable bonds is 1. The van der Waals surface area contributed by atoms with Crippen LogP contribution >= 0.6 is 7.53 Å². The Hall–Kier alpha value is -2.82. The van der Waals surface area contributed by atoms with Gasteiger partial charge in [0.1, 0.15) is 0 Å². The zero-order valence-electron chi connectivity index (χ0n) is 13.6. The molecule has 2 heterocycles. The van der Waals surface area contributed by atoms with Crippen LogP contribution in [0.25, 0.3) is 48.6 Å². The summed E-state index contributed by atoms with van der Waals surface area (Å²) in [6.07, 6.45) is 0. The molecule has 1 aliphatic rings. The summed E-state index contributed by atoms with van der Waals surface area (Å²) in [6, 6.07) is 33.5. The Kier molecular flexibility index (Phi) is 2.61. The molecule has 116 valence electrons. The molecule has 1 unspecified atom stereocenters. The van der Waals surface area contributed by atoms with E-state index in [2.05, 4.69) is 91.0 Å². The lowest BCUT2D eigenvalue weighted by atomic mass is 9.95. The third-order valence-electron chi connectivity index (χ3n) is 5.34. The first-order valence-electron chi connectivity index (χ1n) is 8.65. The van der Waals surface area contributed by atoms with Crippen molar-refractivity contribution in [3.8, 4) is 27.6 Å². The lowest BCUT2D eigenvalue weighted by Crippen LogP contribution is -1.88. The number of benzene rings is 4. The van der Waals surface area contributed by atoms with Gasteiger partial charge in [0, 0.05) is 20.9 Å². The van der Waals surface area contributed by atoms with Gasteiger partial charge in [0.15, 0.2) is 0 Å². The zero-order valence-corrected chi connectivity index (χ0v) is 14.5. The van der Waals surface area contributed by atoms with Gasteiger partial charge in [-0.3, -0.25) is 0 Å². The quantitative estimate of drug-likeness (QED) is 0.290. The molecule has 4 bridgehead atoms. The van der Waals surface area contributed by atoms with E-state index in [0.29, 0.717) is 0 Å². The van der Waals surface area contributed by atoms with E-state index in [0.717, 1.165) is 0 Å². The van der Waals surface area contributed by atoms with Gasteiger partial charge >= 0.3 is 0 Å². The monoisotopic (exact) mass is 334 g/mol. The largest absolute Gasteiger partial charge is 0.0759 e. The molecule has 0 fully saturated rings. The number of fused-ring (bicyclic) bond motifs is 5. The van der Waals surface area contributed by atoms with Crippen molar-refractivity contribution >= 4 is 28.5 Å². The van der Waals surface area contributed by atoms with Gasteiger partial charge in [-0.2, -0.15) is 0 Å². The fraction of sp³-hybridized carbons (Fsp3) is 0. The molecule has 0 nitrogen and oxygen atoms in total. The molecule has 0 saturated carbocycles. The molecule has 4 aromatic carbocycles. The summed E-state index contributed by atoms with van der Waals surface area (Å²) in [5, 5.41) is 7.49. The van der Waals surface area contributed by atoms with E-state index >= 15 is 0 Å². The van der Waals surface area contributed by atoms with Crippen molar-refractivity contribution in [1.82, 2.24) is 0 Å². The van der Waals surface area contributed by atoms with Gasteiger partial charge in [-0.15, -0.1) is 0 Å². The fourth-order valence-electron chi connectivity index (χ4n) is 4.32. The summed E-state index contributed by atoms with van der Waals surface area (Å²) >= 11 is 0. The normalized spacial score (nSPS) is 12.7. The summed E-state index contributed by atoms with van der Waals surface area (Å²) in [5.74, 6) is 0. The van der Waals surface area contributed by atoms with Crippen molar-refractivity contribution in [1.29, 1.82) is 0 Å². The minimum Gasteiger partial charge on any atom is -0.0759 e. The highest BCUT2D eigenvalue weighted by atomic mass is 31.1. The summed E-state index contributed by atoms with van der Waals surface area (Å²) in [6.45, 7) is 0. The molecule has 0 aliphatic carbocycles. The second kappa shape index (κ2) is 4.85. The standard InChI is InChI=1S/C24H15P/c1-2-8-16(9-3-1)17-14-15-19-18-10-4-6-12-21(18)25-22-13-7-5-11-20(22)23(19)24(17)25/h1-15H. The third kappa shape index (κ3) is 1.68. The van der Waals surface area contributed by atoms with Crippen LogP contribution in [0.2, 0.25) is 0 Å². The van der Waals surface area contributed by atoms with Gasteiger partial charge in [0.2, 0.25) is 0 Å². The van der Waals surface area contributed by atoms with Crippen LogP contribution in [0.15, 0.2) is 91.0 Å². The first kappa shape index (κ1) is 13.5. The predicted molar refractivity (Wildman–Crippen MR) is 110 cm³/mol. The maximum absolute atomic E-state index is 2.34. The minimum absolute atomic E-state index is 0.458. The van der Waals surface area contributed by atoms with Gasteiger partial charge in [0.05, 0.1) is 0 Å². The molecule has 5 aromatic rings. The molecule has 25 heavy (non-hydrogen) atoms. The average Bonchev–Trinajstić information content (AvgIpc) is 2.97. The SMILES string of the molecule is c1ccc(-c2ccc3c4c5ccccc5p(c24)-c2ccccc2-3)cc1. The van der Waals surface area contributed by atoms with E-state index in [1.54, 1.807) is 5.12 Å². The van der Waals surface area contributed by atoms with Crippen molar-refractivity contribution in [2.24, 2.45) is 0 Å². The van der Waals surface area contributed by atoms with Crippen LogP contribution in [0.1, 0.15) is 0 Å². The summed E-state index contributed by atoms with van der Waals surface area (Å²) in [5.41, 5.74) is 5.54. The number of hydrogen-bond acceptors (Lipinski definition) is 0. The second-order valence-electron chi connectivity index (χ2n) is 6.62. The molecular formula is C24H15P. The van der Waals surface area contributed by atoms with Crippen LogP contribution in [0.3, 0.4) is 0 Å². The van der Waals surface area contributed by atoms with E-state index in [1.807, 2.05) is 0 Å². The van der Waals surface area contributed by atoms with E-state index in [1.165, 1.54) is 43.4 Å². The Morgan fingerprint density at radius 1 is 0.520 bits per heavy atom. The summed E-state index contributed by atoms with van der Waals surface area (Å²) in [7, 11) is -0.458. The van der Waals surface area contributed by atoms with Gasteiger partial charge in [0.25, 0.3) is 0 Å². The van der Waals surface area contributed by atoms with E-state index in [9.17, 15) is 0 Å². The highest BCUT2D eigenvalue weighted by Gasteiger charge is 2.26. The van der Waals surface area contributed by atoms with Crippen LogP contribution in [0.5, 0.6) is 0 Å². The highest BCUT2D eigenvalue weighted by molar-refractivity contribution is 7.68. The molecular weight excluding hydrogens is 319 g/mol. The first-order valence-corrected chi connectivity index (χ1v) is 9.99. The zero-order chi connectivity index (χ0) is 16.4. The number of hydrogen-bond donors (Lipinski definition) is 0. The smallest absolute Gasteiger partial charge is 0.0153 e. The molecule has 0 amide bonds. The molecule has 0 spiro atoms. The van der Waals surface area contributed by atoms with Crippen molar-refractivity contribution in [3.63, 3.8) is 0 Å². The highest BCUT2D eigenvalue weighted by Crippen LogP contribution is 2.64. The first-order chi connectivity index (χ1) is 12.4. The van der Waals surface area contributed by atoms with Gasteiger partial charge in [-0.25, -0.2) is 0 Å². The predicted octanol–water partition coefficient (Wildman–Crippen LogP) is 7.62. The van der Waals surface area contributed by atoms with Crippen LogP contribution in [0, 0.1) is 0 Å². The Morgan fingerprint density at radius 2 is 1.24 bits per heavy atom. The maximum atomic E-state index is 2.34. The molecule has 0 radical (unpaired) electrons. The Bertz CT molecular complexity index is 1280. The summed E-state index contributed by atoms with van der Waals surface area (Å²) in [4.78, 5) is 0. The van der Waals surface area contributed by atoms with E-state index in [4.69, 9.17) is 0 Å². The molecule has 0 saturated heterocycles. The van der Waals surface area contributed by atoms with Crippen molar-refractivity contribution in [2.75, 3.05) is 0 Å². The Labute approximate surface area is 147 Å². The second-order valence-corrected chi connectivity index (χ2v) is 8.70. The molecule has 6 rings (SSSR count). The molecule has 1 aromatic heterocycles. The van der Waals surface area contributed by atoms with Crippen molar-refractivity contribution in [2.45, 2.75) is 0 Å². The van der Waals surface area contributed by atoms with E-state index < -0.39 is 7.53 Å². The maximum Gasteiger partial charge on any atom is 0.0153 e. The summed E-state index contributed by atoms with van der Waals surface area (Å²) < 4.78 is 0. The third-order valence-corrected chi connectivity index (χ3v) is 7.99. The Morgan fingerprint density at radius 3 is 2.16 bits per heavy atom. The average molecular weight is 334 g/mol. The molecule has 1 aliphatic heterocycles. The minimum atomic E-state index is -0.458. The fourth-order valence-corrected chi connectivity index (χ4v) is 7.30. The van der Waals surface area contributed by atoms with Crippen LogP contribution in [-0.4, -0.2) is 0 Å². The van der Waals surface area contributed by atoms with Gasteiger partial charge in [-0.05, 0) is 27.6 Å². The lowest BCUT2D eigenvalue weighted by Gasteiger charge is -2.19. The van der Waals surface area contributed by atoms with Crippen molar-refractivity contribution < 1.29 is 0 Å². The van der Waals surface area contributed by atoms with Gasteiger partial charge < -0.3 is 0 Å². The van der Waals surface area contributed by atoms with Crippen molar-refractivity contribution in [3.05, 3.63) is 91.0 Å². The molecule has 0 N–H and O–H groups in total. The molecule has 1 atom stereocenters. The van der Waals surface area contributed by atoms with Gasteiger partial charge in [-0.1, -0.05) is 98.5 Å². The van der Waals surface area contributed by atoms with Crippen LogP contribution in [0.4, 0.5) is 0 Å². The lowest BCUT2D eigenvalue weighted by molar-refractivity contribution is 1.65. The topological polar surface area (TPSA) is 0 Å². The molecule has 1 heteroatoms. The van der Waals surface area contributed by atoms with E-state index in [-0.39, 0.29) is 0 Å².